The van der Waals surface area contributed by atoms with E-state index in [4.69, 9.17) is 19.2 Å². The summed E-state index contributed by atoms with van der Waals surface area (Å²) in [5.74, 6) is 0. The van der Waals surface area contributed by atoms with E-state index in [1.807, 2.05) is 0 Å². The van der Waals surface area contributed by atoms with Gasteiger partial charge in [-0.2, -0.15) is 0 Å². The number of hydrogen-bond acceptors (Lipinski definition) is 1. The quantitative estimate of drug-likeness (QED) is 0.360. The van der Waals surface area contributed by atoms with Crippen molar-refractivity contribution in [1.82, 2.24) is 0 Å². The first kappa shape index (κ1) is 16.2. The molecule has 41 valence electrons. The minimum atomic E-state index is -4.64. The summed E-state index contributed by atoms with van der Waals surface area (Å²) >= 11 is 0. The molecule has 0 unspecified atom stereocenters. The standard InChI is InChI=1S/Ba.Nb.H3O4P.2H/c;;1-5(2,3)4;;/h;;(H3,1,2,3,4);;. The molecule has 0 aliphatic carbocycles. The summed E-state index contributed by atoms with van der Waals surface area (Å²) in [5.41, 5.74) is 0. The van der Waals surface area contributed by atoms with Crippen molar-refractivity contribution >= 4 is 56.7 Å². The monoisotopic (exact) mass is 331 g/mol. The molecule has 4 nitrogen and oxygen atoms in total. The van der Waals surface area contributed by atoms with Crippen molar-refractivity contribution < 1.29 is 41.6 Å². The molecule has 0 heterocycles. The molecule has 1 radical (unpaired) electrons. The van der Waals surface area contributed by atoms with Gasteiger partial charge in [0.1, 0.15) is 0 Å². The fourth-order valence-corrected chi connectivity index (χ4v) is 0. The molecule has 0 aromatic heterocycles. The maximum absolute atomic E-state index is 8.88. The van der Waals surface area contributed by atoms with Crippen molar-refractivity contribution in [2.75, 3.05) is 0 Å². The zero-order valence-corrected chi connectivity index (χ0v) is 5.74. The Balaban J connectivity index is -0.0000000800. The van der Waals surface area contributed by atoms with Gasteiger partial charge < -0.3 is 14.7 Å². The third kappa shape index (κ3) is 59.2. The third-order valence-electron chi connectivity index (χ3n) is 0. The minimum Gasteiger partial charge on any atom is 0 e. The second kappa shape index (κ2) is 6.54. The Hall–Kier alpha value is 2.42. The van der Waals surface area contributed by atoms with Crippen molar-refractivity contribution in [3.63, 3.8) is 0 Å². The molecular formula is H5BaNbO4P. The van der Waals surface area contributed by atoms with Gasteiger partial charge in [0.15, 0.2) is 0 Å². The van der Waals surface area contributed by atoms with E-state index in [-0.39, 0.29) is 71.3 Å². The van der Waals surface area contributed by atoms with Gasteiger partial charge in [-0.3, -0.25) is 0 Å². The third-order valence-corrected chi connectivity index (χ3v) is 0. The number of rotatable bonds is 0. The maximum atomic E-state index is 8.88. The normalized spacial score (nSPS) is 8.43. The SMILES string of the molecule is O=P(O)(O)O.[BaH2].[Nb]. The molecule has 0 saturated carbocycles. The average molecular weight is 330 g/mol. The van der Waals surface area contributed by atoms with Gasteiger partial charge in [0.25, 0.3) is 0 Å². The van der Waals surface area contributed by atoms with Crippen LogP contribution < -0.4 is 0 Å². The predicted octanol–water partition coefficient (Wildman–Crippen LogP) is -1.85. The molecule has 0 atom stereocenters. The fraction of sp³-hybridized carbons (Fsp3) is 0. The van der Waals surface area contributed by atoms with E-state index in [1.165, 1.54) is 0 Å². The predicted molar refractivity (Wildman–Crippen MR) is 22.8 cm³/mol. The summed E-state index contributed by atoms with van der Waals surface area (Å²) < 4.78 is 8.88. The average Bonchev–Trinajstić information content (AvgIpc) is 0.722. The first-order chi connectivity index (χ1) is 2.00. The van der Waals surface area contributed by atoms with Crippen LogP contribution in [0.1, 0.15) is 0 Å². The van der Waals surface area contributed by atoms with Crippen LogP contribution in [-0.4, -0.2) is 63.6 Å². The summed E-state index contributed by atoms with van der Waals surface area (Å²) in [5, 5.41) is 0. The first-order valence-corrected chi connectivity index (χ1v) is 2.35. The van der Waals surface area contributed by atoms with Crippen LogP contribution >= 0.6 is 7.82 Å². The second-order valence-electron chi connectivity index (χ2n) is 0.513. The molecule has 0 amide bonds. The van der Waals surface area contributed by atoms with Crippen molar-refractivity contribution in [3.8, 4) is 0 Å². The zero-order valence-electron chi connectivity index (χ0n) is 2.64. The van der Waals surface area contributed by atoms with E-state index < -0.39 is 7.82 Å². The Labute approximate surface area is 96.5 Å². The minimum absolute atomic E-state index is 0. The fourth-order valence-electron chi connectivity index (χ4n) is 0. The smallest absolute Gasteiger partial charge is 0 e. The Morgan fingerprint density at radius 3 is 1.14 bits per heavy atom. The van der Waals surface area contributed by atoms with Crippen LogP contribution in [0.3, 0.4) is 0 Å². The van der Waals surface area contributed by atoms with Gasteiger partial charge in [-0.1, -0.05) is 0 Å². The molecule has 0 aliphatic heterocycles. The van der Waals surface area contributed by atoms with Gasteiger partial charge in [-0.25, -0.2) is 4.57 Å². The van der Waals surface area contributed by atoms with Crippen LogP contribution in [0.15, 0.2) is 0 Å². The molecule has 0 aromatic rings. The van der Waals surface area contributed by atoms with Crippen LogP contribution in [0.4, 0.5) is 0 Å². The first-order valence-electron chi connectivity index (χ1n) is 0.783. The molecule has 0 aromatic carbocycles. The summed E-state index contributed by atoms with van der Waals surface area (Å²) in [6, 6.07) is 0. The van der Waals surface area contributed by atoms with E-state index in [1.54, 1.807) is 0 Å². The van der Waals surface area contributed by atoms with Gasteiger partial charge in [-0.05, 0) is 0 Å². The summed E-state index contributed by atoms with van der Waals surface area (Å²) in [6.45, 7) is 0. The molecule has 0 spiro atoms. The van der Waals surface area contributed by atoms with E-state index in [0.29, 0.717) is 0 Å². The number of phosphoric acid groups is 1. The molecular weight excluding hydrogens is 325 g/mol. The molecule has 7 heteroatoms. The van der Waals surface area contributed by atoms with Gasteiger partial charge in [-0.15, -0.1) is 0 Å². The van der Waals surface area contributed by atoms with E-state index in [9.17, 15) is 0 Å². The molecule has 0 saturated heterocycles. The largest absolute Gasteiger partial charge is 0 e. The summed E-state index contributed by atoms with van der Waals surface area (Å²) in [7, 11) is -4.64. The Kier molecular flexibility index (Phi) is 15.1. The van der Waals surface area contributed by atoms with Crippen LogP contribution in [0.25, 0.3) is 0 Å². The van der Waals surface area contributed by atoms with Crippen LogP contribution in [-0.2, 0) is 26.9 Å². The van der Waals surface area contributed by atoms with Crippen molar-refractivity contribution in [2.24, 2.45) is 0 Å². The Bertz CT molecular complexity index is 57.8. The summed E-state index contributed by atoms with van der Waals surface area (Å²) in [6.07, 6.45) is 0. The molecule has 0 fully saturated rings. The molecule has 3 N–H and O–H groups in total. The zero-order chi connectivity index (χ0) is 4.50. The van der Waals surface area contributed by atoms with Crippen LogP contribution in [0, 0.1) is 0 Å². The van der Waals surface area contributed by atoms with Gasteiger partial charge >= 0.3 is 56.7 Å². The van der Waals surface area contributed by atoms with Crippen molar-refractivity contribution in [1.29, 1.82) is 0 Å². The Morgan fingerprint density at radius 2 is 1.14 bits per heavy atom. The van der Waals surface area contributed by atoms with E-state index in [2.05, 4.69) is 0 Å². The van der Waals surface area contributed by atoms with Crippen LogP contribution in [0.2, 0.25) is 0 Å². The van der Waals surface area contributed by atoms with Gasteiger partial charge in [0.2, 0.25) is 0 Å². The number of hydrogen-bond donors (Lipinski definition) is 3. The maximum Gasteiger partial charge on any atom is 0 e. The molecule has 0 aliphatic rings. The van der Waals surface area contributed by atoms with E-state index in [0.717, 1.165) is 0 Å². The molecule has 0 bridgehead atoms. The van der Waals surface area contributed by atoms with Gasteiger partial charge in [0, 0.05) is 22.4 Å². The van der Waals surface area contributed by atoms with Crippen molar-refractivity contribution in [2.45, 2.75) is 0 Å². The Morgan fingerprint density at radius 1 is 1.14 bits per heavy atom. The summed E-state index contributed by atoms with van der Waals surface area (Å²) in [4.78, 5) is 21.6. The molecule has 7 heavy (non-hydrogen) atoms. The molecule has 0 rings (SSSR count). The van der Waals surface area contributed by atoms with E-state index >= 15 is 0 Å². The van der Waals surface area contributed by atoms with Crippen molar-refractivity contribution in [3.05, 3.63) is 0 Å². The second-order valence-corrected chi connectivity index (χ2v) is 1.54. The van der Waals surface area contributed by atoms with Crippen LogP contribution in [0.5, 0.6) is 0 Å². The van der Waals surface area contributed by atoms with Gasteiger partial charge in [0.05, 0.1) is 0 Å². The topological polar surface area (TPSA) is 77.8 Å².